The molecule has 136 valence electrons. The second kappa shape index (κ2) is 8.87. The highest BCUT2D eigenvalue weighted by atomic mass is 32.2. The van der Waals surface area contributed by atoms with Crippen LogP contribution in [0.1, 0.15) is 18.1 Å². The molecule has 2 aromatic rings. The minimum Gasteiger partial charge on any atom is -0.377 e. The number of nitrogens with zero attached hydrogens (tertiary/aromatic N) is 1. The molecular formula is C20H22N2O3S. The van der Waals surface area contributed by atoms with Crippen LogP contribution in [0.5, 0.6) is 0 Å². The van der Waals surface area contributed by atoms with Gasteiger partial charge in [0.25, 0.3) is 0 Å². The fourth-order valence-electron chi connectivity index (χ4n) is 2.70. The molecule has 26 heavy (non-hydrogen) atoms. The molecule has 0 fully saturated rings. The van der Waals surface area contributed by atoms with Gasteiger partial charge in [0, 0.05) is 18.0 Å². The van der Waals surface area contributed by atoms with E-state index >= 15 is 0 Å². The molecule has 6 heteroatoms. The minimum absolute atomic E-state index is 0.0378. The Kier molecular flexibility index (Phi) is 6.30. The van der Waals surface area contributed by atoms with Crippen molar-refractivity contribution in [3.05, 3.63) is 59.7 Å². The largest absolute Gasteiger partial charge is 0.377 e. The van der Waals surface area contributed by atoms with Gasteiger partial charge in [-0.1, -0.05) is 36.4 Å². The number of thioether (sulfide) groups is 1. The monoisotopic (exact) mass is 370 g/mol. The highest BCUT2D eigenvalue weighted by Gasteiger charge is 2.25. The normalized spacial score (nSPS) is 13.4. The Hall–Kier alpha value is -2.31. The maximum absolute atomic E-state index is 12.3. The Bertz CT molecular complexity index is 777. The van der Waals surface area contributed by atoms with Crippen molar-refractivity contribution in [1.29, 1.82) is 0 Å². The van der Waals surface area contributed by atoms with E-state index < -0.39 is 0 Å². The fraction of sp³-hybridized carbons (Fsp3) is 0.300. The smallest absolute Gasteiger partial charge is 0.240 e. The highest BCUT2D eigenvalue weighted by molar-refractivity contribution is 8.00. The lowest BCUT2D eigenvalue weighted by atomic mass is 10.1. The predicted molar refractivity (Wildman–Crippen MR) is 103 cm³/mol. The van der Waals surface area contributed by atoms with Gasteiger partial charge in [-0.05, 0) is 30.2 Å². The number of ether oxygens (including phenoxy) is 1. The van der Waals surface area contributed by atoms with E-state index in [4.69, 9.17) is 4.74 Å². The van der Waals surface area contributed by atoms with Gasteiger partial charge in [-0.2, -0.15) is 0 Å². The van der Waals surface area contributed by atoms with Gasteiger partial charge in [-0.15, -0.1) is 11.8 Å². The van der Waals surface area contributed by atoms with Crippen LogP contribution in [0.15, 0.2) is 53.4 Å². The number of nitrogens with one attached hydrogen (secondary N) is 1. The average molecular weight is 370 g/mol. The summed E-state index contributed by atoms with van der Waals surface area (Å²) in [6, 6.07) is 15.6. The molecule has 0 bridgehead atoms. The third-order valence-electron chi connectivity index (χ3n) is 4.10. The first kappa shape index (κ1) is 18.5. The summed E-state index contributed by atoms with van der Waals surface area (Å²) in [5.74, 6) is 0.161. The van der Waals surface area contributed by atoms with Crippen LogP contribution in [-0.2, 0) is 27.5 Å². The van der Waals surface area contributed by atoms with E-state index in [1.165, 1.54) is 11.8 Å². The third-order valence-corrected chi connectivity index (χ3v) is 5.14. The van der Waals surface area contributed by atoms with Crippen LogP contribution in [0.2, 0.25) is 0 Å². The molecule has 1 N–H and O–H groups in total. The predicted octanol–water partition coefficient (Wildman–Crippen LogP) is 2.98. The van der Waals surface area contributed by atoms with Gasteiger partial charge in [0.1, 0.15) is 6.54 Å². The Morgan fingerprint density at radius 2 is 1.88 bits per heavy atom. The molecule has 3 rings (SSSR count). The van der Waals surface area contributed by atoms with Crippen molar-refractivity contribution in [2.24, 2.45) is 0 Å². The molecule has 0 radical (unpaired) electrons. The van der Waals surface area contributed by atoms with E-state index in [2.05, 4.69) is 5.32 Å². The van der Waals surface area contributed by atoms with Crippen LogP contribution in [0.4, 0.5) is 5.69 Å². The SMILES string of the molecule is CCOCc1ccc(CNC(=O)CN2C(=O)CSc3ccccc32)cc1. The number of anilines is 1. The van der Waals surface area contributed by atoms with Crippen molar-refractivity contribution in [1.82, 2.24) is 5.32 Å². The highest BCUT2D eigenvalue weighted by Crippen LogP contribution is 2.34. The first-order valence-corrected chi connectivity index (χ1v) is 9.60. The molecule has 1 heterocycles. The second-order valence-corrected chi connectivity index (χ2v) is 6.98. The second-order valence-electron chi connectivity index (χ2n) is 5.97. The quantitative estimate of drug-likeness (QED) is 0.814. The third kappa shape index (κ3) is 4.65. The number of hydrogen-bond acceptors (Lipinski definition) is 4. The maximum Gasteiger partial charge on any atom is 0.240 e. The Labute approximate surface area is 157 Å². The molecule has 5 nitrogen and oxygen atoms in total. The van der Waals surface area contributed by atoms with Gasteiger partial charge in [0.15, 0.2) is 0 Å². The van der Waals surface area contributed by atoms with Crippen molar-refractivity contribution in [2.75, 3.05) is 23.8 Å². The number of para-hydroxylation sites is 1. The molecule has 2 amide bonds. The summed E-state index contributed by atoms with van der Waals surface area (Å²) in [6.07, 6.45) is 0. The summed E-state index contributed by atoms with van der Waals surface area (Å²) in [4.78, 5) is 27.1. The van der Waals surface area contributed by atoms with Crippen molar-refractivity contribution >= 4 is 29.3 Å². The lowest BCUT2D eigenvalue weighted by Crippen LogP contribution is -2.43. The van der Waals surface area contributed by atoms with E-state index in [-0.39, 0.29) is 18.4 Å². The minimum atomic E-state index is -0.168. The number of carbonyl (C=O) groups excluding carboxylic acids is 2. The summed E-state index contributed by atoms with van der Waals surface area (Å²) < 4.78 is 5.37. The Balaban J connectivity index is 1.55. The standard InChI is InChI=1S/C20H22N2O3S/c1-2-25-13-16-9-7-15(8-10-16)11-21-19(23)12-22-17-5-3-4-6-18(17)26-14-20(22)24/h3-10H,2,11-14H2,1H3,(H,21,23). The van der Waals surface area contributed by atoms with Crippen LogP contribution in [0.25, 0.3) is 0 Å². The summed E-state index contributed by atoms with van der Waals surface area (Å²) >= 11 is 1.51. The van der Waals surface area contributed by atoms with Crippen molar-refractivity contribution in [3.63, 3.8) is 0 Å². The van der Waals surface area contributed by atoms with Gasteiger partial charge >= 0.3 is 0 Å². The first-order valence-electron chi connectivity index (χ1n) is 8.62. The van der Waals surface area contributed by atoms with E-state index in [0.29, 0.717) is 25.5 Å². The summed E-state index contributed by atoms with van der Waals surface area (Å²) in [5, 5.41) is 2.89. The molecule has 0 atom stereocenters. The Morgan fingerprint density at radius 3 is 2.65 bits per heavy atom. The molecule has 0 aliphatic carbocycles. The van der Waals surface area contributed by atoms with Gasteiger partial charge in [-0.3, -0.25) is 9.59 Å². The maximum atomic E-state index is 12.3. The van der Waals surface area contributed by atoms with Gasteiger partial charge < -0.3 is 15.0 Å². The van der Waals surface area contributed by atoms with Gasteiger partial charge in [0.2, 0.25) is 11.8 Å². The molecule has 0 unspecified atom stereocenters. The molecule has 1 aliphatic rings. The lowest BCUT2D eigenvalue weighted by molar-refractivity contribution is -0.123. The zero-order chi connectivity index (χ0) is 18.4. The summed E-state index contributed by atoms with van der Waals surface area (Å²) in [6.45, 7) is 3.73. The molecule has 1 aliphatic heterocycles. The Morgan fingerprint density at radius 1 is 1.15 bits per heavy atom. The van der Waals surface area contributed by atoms with Crippen LogP contribution in [0.3, 0.4) is 0 Å². The molecule has 0 spiro atoms. The summed E-state index contributed by atoms with van der Waals surface area (Å²) in [7, 11) is 0. The number of amides is 2. The fourth-order valence-corrected chi connectivity index (χ4v) is 3.64. The number of hydrogen-bond donors (Lipinski definition) is 1. The lowest BCUT2D eigenvalue weighted by Gasteiger charge is -2.28. The molecule has 0 saturated heterocycles. The van der Waals surface area contributed by atoms with Gasteiger partial charge in [0.05, 0.1) is 18.0 Å². The van der Waals surface area contributed by atoms with Crippen molar-refractivity contribution in [2.45, 2.75) is 25.0 Å². The zero-order valence-electron chi connectivity index (χ0n) is 14.7. The van der Waals surface area contributed by atoms with Crippen LogP contribution < -0.4 is 10.2 Å². The van der Waals surface area contributed by atoms with E-state index in [1.54, 1.807) is 4.90 Å². The van der Waals surface area contributed by atoms with E-state index in [9.17, 15) is 9.59 Å². The van der Waals surface area contributed by atoms with Gasteiger partial charge in [-0.25, -0.2) is 0 Å². The topological polar surface area (TPSA) is 58.6 Å². The first-order chi connectivity index (χ1) is 12.7. The number of benzene rings is 2. The number of rotatable bonds is 7. The summed E-state index contributed by atoms with van der Waals surface area (Å²) in [5.41, 5.74) is 2.93. The van der Waals surface area contributed by atoms with Crippen LogP contribution in [-0.4, -0.2) is 30.7 Å². The number of fused-ring (bicyclic) bond motifs is 1. The van der Waals surface area contributed by atoms with Crippen molar-refractivity contribution in [3.8, 4) is 0 Å². The van der Waals surface area contributed by atoms with E-state index in [1.807, 2.05) is 55.5 Å². The van der Waals surface area contributed by atoms with Crippen LogP contribution >= 0.6 is 11.8 Å². The average Bonchev–Trinajstić information content (AvgIpc) is 2.68. The zero-order valence-corrected chi connectivity index (χ0v) is 15.6. The van der Waals surface area contributed by atoms with Crippen molar-refractivity contribution < 1.29 is 14.3 Å². The van der Waals surface area contributed by atoms with Crippen LogP contribution in [0, 0.1) is 0 Å². The molecular weight excluding hydrogens is 348 g/mol. The molecule has 0 saturated carbocycles. The molecule has 0 aromatic heterocycles. The number of carbonyl (C=O) groups is 2. The van der Waals surface area contributed by atoms with E-state index in [0.717, 1.165) is 21.7 Å². The molecule has 2 aromatic carbocycles.